The highest BCUT2D eigenvalue weighted by atomic mass is 16.7. The van der Waals surface area contributed by atoms with Gasteiger partial charge < -0.3 is 30.0 Å². The van der Waals surface area contributed by atoms with Crippen LogP contribution in [-0.4, -0.2) is 38.5 Å². The Morgan fingerprint density at radius 3 is 2.72 bits per heavy atom. The van der Waals surface area contributed by atoms with Crippen LogP contribution in [0.4, 0.5) is 10.5 Å². The fourth-order valence-electron chi connectivity index (χ4n) is 4.29. The van der Waals surface area contributed by atoms with Crippen molar-refractivity contribution in [2.45, 2.75) is 5.92 Å². The number of carbonyl (C=O) groups is 1. The molecule has 1 aliphatic carbocycles. The van der Waals surface area contributed by atoms with Gasteiger partial charge in [0.15, 0.2) is 23.0 Å². The number of methoxy groups -OCH3 is 2. The highest BCUT2D eigenvalue weighted by Gasteiger charge is 2.41. The number of ether oxygens (including phenoxy) is 4. The molecule has 164 valence electrons. The zero-order valence-electron chi connectivity index (χ0n) is 17.8. The third-order valence-corrected chi connectivity index (χ3v) is 5.84. The standard InChI is InChI=1S/C24H23N3O5/c1-29-19-5-3-14(10-21(19)30-2)17-12-27(18-9-15(7-8-25)23(17)18)24(28)26-16-4-6-20-22(11-16)32-13-31-20/h3-11,17H,12-13,25H2,1-2H3,(H,26,28)/b8-7-. The Kier molecular flexibility index (Phi) is 4.89. The van der Waals surface area contributed by atoms with E-state index in [2.05, 4.69) is 5.32 Å². The number of benzene rings is 2. The number of likely N-dealkylation sites (tertiary alicyclic amines) is 1. The summed E-state index contributed by atoms with van der Waals surface area (Å²) in [6.45, 7) is 0.680. The summed E-state index contributed by atoms with van der Waals surface area (Å²) in [7, 11) is 3.21. The number of anilines is 1. The molecule has 8 heteroatoms. The van der Waals surface area contributed by atoms with E-state index in [0.717, 1.165) is 22.4 Å². The Bertz CT molecular complexity index is 1180. The van der Waals surface area contributed by atoms with Crippen LogP contribution in [0.15, 0.2) is 71.6 Å². The van der Waals surface area contributed by atoms with E-state index in [1.165, 1.54) is 6.20 Å². The van der Waals surface area contributed by atoms with Crippen molar-refractivity contribution in [3.8, 4) is 23.0 Å². The smallest absolute Gasteiger partial charge is 0.326 e. The first-order chi connectivity index (χ1) is 15.6. The highest BCUT2D eigenvalue weighted by Crippen LogP contribution is 2.49. The average molecular weight is 433 g/mol. The maximum Gasteiger partial charge on any atom is 0.326 e. The van der Waals surface area contributed by atoms with E-state index in [0.29, 0.717) is 35.2 Å². The molecule has 1 fully saturated rings. The maximum absolute atomic E-state index is 13.2. The molecule has 1 atom stereocenters. The topological polar surface area (TPSA) is 95.3 Å². The van der Waals surface area contributed by atoms with Gasteiger partial charge in [-0.1, -0.05) is 6.07 Å². The van der Waals surface area contributed by atoms with Crippen molar-refractivity contribution >= 4 is 11.7 Å². The monoisotopic (exact) mass is 433 g/mol. The number of carbonyl (C=O) groups excluding carboxylic acids is 1. The summed E-state index contributed by atoms with van der Waals surface area (Å²) >= 11 is 0. The number of nitrogens with one attached hydrogen (secondary N) is 1. The number of nitrogens with zero attached hydrogens (tertiary/aromatic N) is 1. The molecule has 2 aliphatic heterocycles. The van der Waals surface area contributed by atoms with Gasteiger partial charge in [0.05, 0.1) is 19.9 Å². The highest BCUT2D eigenvalue weighted by molar-refractivity contribution is 5.93. The lowest BCUT2D eigenvalue weighted by atomic mass is 9.83. The lowest BCUT2D eigenvalue weighted by Crippen LogP contribution is -2.32. The molecule has 0 saturated carbocycles. The van der Waals surface area contributed by atoms with Crippen molar-refractivity contribution in [1.29, 1.82) is 0 Å². The molecule has 1 unspecified atom stereocenters. The Morgan fingerprint density at radius 1 is 1.12 bits per heavy atom. The summed E-state index contributed by atoms with van der Waals surface area (Å²) < 4.78 is 21.6. The van der Waals surface area contributed by atoms with E-state index in [1.54, 1.807) is 37.3 Å². The van der Waals surface area contributed by atoms with Gasteiger partial charge in [-0.05, 0) is 59.3 Å². The van der Waals surface area contributed by atoms with Crippen LogP contribution in [0.3, 0.4) is 0 Å². The summed E-state index contributed by atoms with van der Waals surface area (Å²) in [6, 6.07) is 11.0. The molecular formula is C24H23N3O5. The number of amides is 2. The fraction of sp³-hybridized carbons (Fsp3) is 0.208. The Morgan fingerprint density at radius 2 is 1.94 bits per heavy atom. The summed E-state index contributed by atoms with van der Waals surface area (Å²) in [5.74, 6) is 2.58. The first-order valence-electron chi connectivity index (χ1n) is 10.2. The first-order valence-corrected chi connectivity index (χ1v) is 10.2. The number of urea groups is 1. The number of allylic oxidation sites excluding steroid dienone is 4. The Labute approximate surface area is 185 Å². The van der Waals surface area contributed by atoms with Crippen molar-refractivity contribution in [2.24, 2.45) is 5.73 Å². The molecule has 0 bridgehead atoms. The lowest BCUT2D eigenvalue weighted by Gasteiger charge is -2.24. The summed E-state index contributed by atoms with van der Waals surface area (Å²) in [5, 5.41) is 2.96. The Hall–Kier alpha value is -4.07. The molecule has 2 aromatic rings. The second kappa shape index (κ2) is 7.88. The molecular weight excluding hydrogens is 410 g/mol. The third-order valence-electron chi connectivity index (χ3n) is 5.84. The van der Waals surface area contributed by atoms with Crippen LogP contribution in [0.1, 0.15) is 11.5 Å². The van der Waals surface area contributed by atoms with Crippen LogP contribution in [0, 0.1) is 0 Å². The second-order valence-electron chi connectivity index (χ2n) is 7.53. The third kappa shape index (κ3) is 3.20. The van der Waals surface area contributed by atoms with Gasteiger partial charge in [0, 0.05) is 24.2 Å². The van der Waals surface area contributed by atoms with Crippen LogP contribution in [-0.2, 0) is 0 Å². The normalized spacial score (nSPS) is 18.4. The summed E-state index contributed by atoms with van der Waals surface area (Å²) in [5.41, 5.74) is 10.3. The second-order valence-corrected chi connectivity index (χ2v) is 7.53. The minimum Gasteiger partial charge on any atom is -0.493 e. The molecule has 0 spiro atoms. The molecule has 2 aromatic carbocycles. The van der Waals surface area contributed by atoms with Crippen LogP contribution in [0.25, 0.3) is 0 Å². The predicted octanol–water partition coefficient (Wildman–Crippen LogP) is 3.73. The first kappa shape index (κ1) is 19.9. The summed E-state index contributed by atoms with van der Waals surface area (Å²) in [4.78, 5) is 14.9. The van der Waals surface area contributed by atoms with Gasteiger partial charge in [0.25, 0.3) is 0 Å². The van der Waals surface area contributed by atoms with Crippen LogP contribution in [0.5, 0.6) is 23.0 Å². The SMILES string of the molecule is COc1ccc(C2CN(C(=O)Nc3ccc4c(c3)OCO4)C3=CC(/C=C\N)=C32)cc1OC. The van der Waals surface area contributed by atoms with Gasteiger partial charge in [0.2, 0.25) is 6.79 Å². The van der Waals surface area contributed by atoms with E-state index in [-0.39, 0.29) is 18.7 Å². The number of fused-ring (bicyclic) bond motifs is 2. The van der Waals surface area contributed by atoms with Gasteiger partial charge in [-0.25, -0.2) is 4.79 Å². The van der Waals surface area contributed by atoms with Gasteiger partial charge in [-0.3, -0.25) is 4.90 Å². The maximum atomic E-state index is 13.2. The van der Waals surface area contributed by atoms with Crippen molar-refractivity contribution in [3.05, 3.63) is 77.2 Å². The minimum atomic E-state index is -0.216. The Balaban J connectivity index is 1.42. The molecule has 0 radical (unpaired) electrons. The minimum absolute atomic E-state index is 0.0106. The molecule has 0 aromatic heterocycles. The molecule has 3 N–H and O–H groups in total. The van der Waals surface area contributed by atoms with Gasteiger partial charge in [-0.15, -0.1) is 0 Å². The fourth-order valence-corrected chi connectivity index (χ4v) is 4.29. The van der Waals surface area contributed by atoms with E-state index < -0.39 is 0 Å². The van der Waals surface area contributed by atoms with E-state index in [4.69, 9.17) is 24.7 Å². The van der Waals surface area contributed by atoms with Crippen molar-refractivity contribution in [3.63, 3.8) is 0 Å². The molecule has 2 amide bonds. The molecule has 32 heavy (non-hydrogen) atoms. The van der Waals surface area contributed by atoms with Crippen LogP contribution >= 0.6 is 0 Å². The van der Waals surface area contributed by atoms with E-state index in [9.17, 15) is 4.79 Å². The molecule has 2 heterocycles. The van der Waals surface area contributed by atoms with Gasteiger partial charge in [0.1, 0.15) is 0 Å². The lowest BCUT2D eigenvalue weighted by molar-refractivity contribution is 0.174. The molecule has 3 aliphatic rings. The van der Waals surface area contributed by atoms with Crippen molar-refractivity contribution in [2.75, 3.05) is 32.9 Å². The van der Waals surface area contributed by atoms with Gasteiger partial charge in [-0.2, -0.15) is 0 Å². The number of hydrogen-bond donors (Lipinski definition) is 2. The van der Waals surface area contributed by atoms with E-state index >= 15 is 0 Å². The largest absolute Gasteiger partial charge is 0.493 e. The summed E-state index contributed by atoms with van der Waals surface area (Å²) in [6.07, 6.45) is 5.33. The molecule has 1 saturated heterocycles. The molecule has 8 nitrogen and oxygen atoms in total. The number of rotatable bonds is 5. The zero-order chi connectivity index (χ0) is 22.2. The molecule has 5 rings (SSSR count). The zero-order valence-corrected chi connectivity index (χ0v) is 17.8. The number of hydrogen-bond acceptors (Lipinski definition) is 6. The van der Waals surface area contributed by atoms with E-state index in [1.807, 2.05) is 30.4 Å². The van der Waals surface area contributed by atoms with Crippen molar-refractivity contribution in [1.82, 2.24) is 4.90 Å². The van der Waals surface area contributed by atoms with Crippen LogP contribution in [0.2, 0.25) is 0 Å². The average Bonchev–Trinajstić information content (AvgIpc) is 3.38. The van der Waals surface area contributed by atoms with Crippen LogP contribution < -0.4 is 30.0 Å². The van der Waals surface area contributed by atoms with Gasteiger partial charge >= 0.3 is 6.03 Å². The predicted molar refractivity (Wildman–Crippen MR) is 119 cm³/mol. The quantitative estimate of drug-likeness (QED) is 0.746. The van der Waals surface area contributed by atoms with Crippen molar-refractivity contribution < 1.29 is 23.7 Å². The number of nitrogens with two attached hydrogens (primary N) is 1.